The highest BCUT2D eigenvalue weighted by Crippen LogP contribution is 2.19. The van der Waals surface area contributed by atoms with Gasteiger partial charge in [0.15, 0.2) is 5.96 Å². The molecule has 0 spiro atoms. The van der Waals surface area contributed by atoms with Crippen molar-refractivity contribution in [3.8, 4) is 0 Å². The minimum absolute atomic E-state index is 0. The first-order valence-corrected chi connectivity index (χ1v) is 10.1. The van der Waals surface area contributed by atoms with Crippen molar-refractivity contribution in [1.29, 1.82) is 0 Å². The number of amides is 1. The number of carbonyl (C=O) groups excluding carboxylic acids is 1. The number of benzene rings is 1. The number of likely N-dealkylation sites (tertiary alicyclic amines) is 1. The second-order valence-electron chi connectivity index (χ2n) is 7.09. The predicted octanol–water partition coefficient (Wildman–Crippen LogP) is 2.52. The topological polar surface area (TPSA) is 89.2 Å². The highest BCUT2D eigenvalue weighted by atomic mass is 127. The van der Waals surface area contributed by atoms with Gasteiger partial charge in [0.2, 0.25) is 5.91 Å². The number of hydrogen-bond acceptors (Lipinski definition) is 4. The lowest BCUT2D eigenvalue weighted by atomic mass is 9.95. The third-order valence-electron chi connectivity index (χ3n) is 4.81. The fourth-order valence-electron chi connectivity index (χ4n) is 3.50. The second-order valence-corrected chi connectivity index (χ2v) is 7.09. The molecule has 7 nitrogen and oxygen atoms in total. The van der Waals surface area contributed by atoms with Crippen molar-refractivity contribution >= 4 is 35.8 Å². The van der Waals surface area contributed by atoms with Crippen molar-refractivity contribution in [1.82, 2.24) is 10.2 Å². The summed E-state index contributed by atoms with van der Waals surface area (Å²) in [5.74, 6) is 0.949. The number of hydrogen-bond donors (Lipinski definition) is 2. The van der Waals surface area contributed by atoms with Gasteiger partial charge in [0.1, 0.15) is 0 Å². The Balaban J connectivity index is 0.00000420. The summed E-state index contributed by atoms with van der Waals surface area (Å²) >= 11 is 0. The van der Waals surface area contributed by atoms with Gasteiger partial charge in [-0.05, 0) is 36.8 Å². The number of carbonyl (C=O) groups is 1. The highest BCUT2D eigenvalue weighted by molar-refractivity contribution is 14.0. The standard InChI is InChI=1S/C21H34N4O3.HI/c1-3-27-10-11-28-16-19-7-4-6-17(12-19)14-24-21(23-2)25-9-5-8-18(15-25)13-20(22)26;/h4,6-7,12,18H,3,5,8-11,13-16H2,1-2H3,(H2,22,26)(H,23,24);1H. The molecular weight excluding hydrogens is 483 g/mol. The first kappa shape index (κ1) is 25.6. The zero-order valence-electron chi connectivity index (χ0n) is 17.6. The lowest BCUT2D eigenvalue weighted by Crippen LogP contribution is -2.46. The van der Waals surface area contributed by atoms with Crippen molar-refractivity contribution in [3.63, 3.8) is 0 Å². The van der Waals surface area contributed by atoms with Gasteiger partial charge in [-0.15, -0.1) is 24.0 Å². The number of nitrogens with two attached hydrogens (primary N) is 1. The molecular formula is C21H35IN4O3. The Morgan fingerprint density at radius 3 is 2.79 bits per heavy atom. The van der Waals surface area contributed by atoms with Gasteiger partial charge >= 0.3 is 0 Å². The Morgan fingerprint density at radius 1 is 1.31 bits per heavy atom. The maximum absolute atomic E-state index is 11.2. The Kier molecular flexibility index (Phi) is 12.9. The van der Waals surface area contributed by atoms with Gasteiger partial charge in [-0.3, -0.25) is 9.79 Å². The van der Waals surface area contributed by atoms with E-state index in [1.54, 1.807) is 7.05 Å². The van der Waals surface area contributed by atoms with Gasteiger partial charge in [-0.2, -0.15) is 0 Å². The Hall–Kier alpha value is -1.39. The van der Waals surface area contributed by atoms with E-state index in [9.17, 15) is 4.79 Å². The van der Waals surface area contributed by atoms with Crippen molar-refractivity contribution in [2.75, 3.05) is 40.0 Å². The largest absolute Gasteiger partial charge is 0.379 e. The fourth-order valence-corrected chi connectivity index (χ4v) is 3.50. The highest BCUT2D eigenvalue weighted by Gasteiger charge is 2.23. The fraction of sp³-hybridized carbons (Fsp3) is 0.619. The van der Waals surface area contributed by atoms with Crippen molar-refractivity contribution in [2.24, 2.45) is 16.6 Å². The number of guanidine groups is 1. The van der Waals surface area contributed by atoms with Gasteiger partial charge in [0, 0.05) is 39.7 Å². The minimum Gasteiger partial charge on any atom is -0.379 e. The number of piperidine rings is 1. The molecule has 29 heavy (non-hydrogen) atoms. The molecule has 0 bridgehead atoms. The SMILES string of the molecule is CCOCCOCc1cccc(CNC(=NC)N2CCCC(CC(N)=O)C2)c1.I. The molecule has 8 heteroatoms. The summed E-state index contributed by atoms with van der Waals surface area (Å²) in [6.07, 6.45) is 2.54. The zero-order valence-corrected chi connectivity index (χ0v) is 19.9. The molecule has 0 saturated carbocycles. The average molecular weight is 518 g/mol. The van der Waals surface area contributed by atoms with Crippen LogP contribution in [0.4, 0.5) is 0 Å². The molecule has 2 rings (SSSR count). The summed E-state index contributed by atoms with van der Waals surface area (Å²) in [7, 11) is 1.79. The van der Waals surface area contributed by atoms with Crippen LogP contribution in [0.15, 0.2) is 29.3 Å². The number of primary amides is 1. The number of nitrogens with zero attached hydrogens (tertiary/aromatic N) is 2. The van der Waals surface area contributed by atoms with Crippen LogP contribution in [0.3, 0.4) is 0 Å². The van der Waals surface area contributed by atoms with Crippen LogP contribution in [0.5, 0.6) is 0 Å². The van der Waals surface area contributed by atoms with E-state index >= 15 is 0 Å². The van der Waals surface area contributed by atoms with E-state index in [0.717, 1.165) is 37.5 Å². The maximum atomic E-state index is 11.2. The normalized spacial score (nSPS) is 17.0. The third-order valence-corrected chi connectivity index (χ3v) is 4.81. The smallest absolute Gasteiger partial charge is 0.217 e. The van der Waals surface area contributed by atoms with Crippen molar-refractivity contribution in [3.05, 3.63) is 35.4 Å². The summed E-state index contributed by atoms with van der Waals surface area (Å²) < 4.78 is 10.9. The number of aliphatic imine (C=N–C) groups is 1. The van der Waals surface area contributed by atoms with Crippen molar-refractivity contribution < 1.29 is 14.3 Å². The van der Waals surface area contributed by atoms with Crippen molar-refractivity contribution in [2.45, 2.75) is 39.3 Å². The molecule has 1 fully saturated rings. The van der Waals surface area contributed by atoms with Crippen LogP contribution in [0.2, 0.25) is 0 Å². The van der Waals surface area contributed by atoms with E-state index in [1.807, 2.05) is 13.0 Å². The number of halogens is 1. The molecule has 1 unspecified atom stereocenters. The van der Waals surface area contributed by atoms with Gasteiger partial charge in [-0.1, -0.05) is 24.3 Å². The molecule has 0 radical (unpaired) electrons. The van der Waals surface area contributed by atoms with E-state index in [4.69, 9.17) is 15.2 Å². The number of ether oxygens (including phenoxy) is 2. The van der Waals surface area contributed by atoms with E-state index < -0.39 is 0 Å². The summed E-state index contributed by atoms with van der Waals surface area (Å²) in [6, 6.07) is 8.35. The van der Waals surface area contributed by atoms with Gasteiger partial charge in [0.25, 0.3) is 0 Å². The van der Waals surface area contributed by atoms with E-state index in [2.05, 4.69) is 33.4 Å². The van der Waals surface area contributed by atoms with Crippen LogP contribution in [0.1, 0.15) is 37.3 Å². The molecule has 1 aliphatic heterocycles. The Bertz CT molecular complexity index is 642. The summed E-state index contributed by atoms with van der Waals surface area (Å²) in [5, 5.41) is 3.44. The molecule has 1 aromatic carbocycles. The lowest BCUT2D eigenvalue weighted by Gasteiger charge is -2.34. The molecule has 1 aromatic rings. The number of nitrogens with one attached hydrogen (secondary N) is 1. The molecule has 3 N–H and O–H groups in total. The molecule has 1 amide bonds. The Labute approximate surface area is 191 Å². The van der Waals surface area contributed by atoms with Crippen LogP contribution in [-0.4, -0.2) is 56.7 Å². The summed E-state index contributed by atoms with van der Waals surface area (Å²) in [4.78, 5) is 17.9. The molecule has 1 saturated heterocycles. The van der Waals surface area contributed by atoms with Crippen LogP contribution >= 0.6 is 24.0 Å². The average Bonchev–Trinajstić information content (AvgIpc) is 2.68. The minimum atomic E-state index is -0.227. The maximum Gasteiger partial charge on any atom is 0.217 e. The van der Waals surface area contributed by atoms with Crippen LogP contribution in [0.25, 0.3) is 0 Å². The second kappa shape index (κ2) is 14.6. The quantitative estimate of drug-likeness (QED) is 0.215. The Morgan fingerprint density at radius 2 is 2.07 bits per heavy atom. The summed E-state index contributed by atoms with van der Waals surface area (Å²) in [6.45, 7) is 6.95. The van der Waals surface area contributed by atoms with Gasteiger partial charge < -0.3 is 25.4 Å². The molecule has 0 aromatic heterocycles. The lowest BCUT2D eigenvalue weighted by molar-refractivity contribution is -0.119. The van der Waals surface area contributed by atoms with Crippen LogP contribution in [0, 0.1) is 5.92 Å². The monoisotopic (exact) mass is 518 g/mol. The van der Waals surface area contributed by atoms with Crippen LogP contribution in [-0.2, 0) is 27.4 Å². The molecule has 1 atom stereocenters. The van der Waals surface area contributed by atoms with E-state index in [0.29, 0.717) is 45.3 Å². The zero-order chi connectivity index (χ0) is 20.2. The molecule has 0 aliphatic carbocycles. The van der Waals surface area contributed by atoms with Gasteiger partial charge in [0.05, 0.1) is 19.8 Å². The van der Waals surface area contributed by atoms with E-state index in [1.165, 1.54) is 5.56 Å². The molecule has 1 aliphatic rings. The number of rotatable bonds is 10. The third kappa shape index (κ3) is 9.77. The van der Waals surface area contributed by atoms with E-state index in [-0.39, 0.29) is 29.9 Å². The summed E-state index contributed by atoms with van der Waals surface area (Å²) in [5.41, 5.74) is 7.69. The predicted molar refractivity (Wildman–Crippen MR) is 126 cm³/mol. The molecule has 164 valence electrons. The van der Waals surface area contributed by atoms with Crippen LogP contribution < -0.4 is 11.1 Å². The molecule has 1 heterocycles. The first-order valence-electron chi connectivity index (χ1n) is 10.1. The van der Waals surface area contributed by atoms with Gasteiger partial charge in [-0.25, -0.2) is 0 Å². The first-order chi connectivity index (χ1) is 13.6.